The van der Waals surface area contributed by atoms with Gasteiger partial charge in [0.05, 0.1) is 18.3 Å². The summed E-state index contributed by atoms with van der Waals surface area (Å²) in [5.74, 6) is 0.813. The second kappa shape index (κ2) is 8.17. The van der Waals surface area contributed by atoms with E-state index in [2.05, 4.69) is 22.5 Å². The van der Waals surface area contributed by atoms with Crippen molar-refractivity contribution in [1.29, 1.82) is 0 Å². The van der Waals surface area contributed by atoms with Gasteiger partial charge < -0.3 is 10.6 Å². The number of hydrogen-bond acceptors (Lipinski definition) is 3. The summed E-state index contributed by atoms with van der Waals surface area (Å²) >= 11 is 0. The van der Waals surface area contributed by atoms with Crippen molar-refractivity contribution in [1.82, 2.24) is 4.98 Å². The summed E-state index contributed by atoms with van der Waals surface area (Å²) in [5.41, 5.74) is 2.90. The first kappa shape index (κ1) is 16.0. The van der Waals surface area contributed by atoms with Gasteiger partial charge in [0.2, 0.25) is 5.91 Å². The third kappa shape index (κ3) is 4.88. The van der Waals surface area contributed by atoms with E-state index in [1.807, 2.05) is 43.3 Å². The average molecular weight is 297 g/mol. The standard InChI is InChI=1S/C18H23N3O/c1-3-4-11-19-17-10-9-16(13-20-17)21-18(22)12-15-8-6-5-7-14(15)2/h5-10,13H,3-4,11-12H2,1-2H3,(H,19,20)(H,21,22). The molecule has 0 saturated carbocycles. The molecule has 0 spiro atoms. The van der Waals surface area contributed by atoms with Gasteiger partial charge in [-0.25, -0.2) is 4.98 Å². The third-order valence-electron chi connectivity index (χ3n) is 3.50. The van der Waals surface area contributed by atoms with E-state index in [0.717, 1.165) is 42.0 Å². The first-order chi connectivity index (χ1) is 10.7. The minimum absolute atomic E-state index is 0.0252. The fourth-order valence-electron chi connectivity index (χ4n) is 2.15. The number of benzene rings is 1. The van der Waals surface area contributed by atoms with E-state index < -0.39 is 0 Å². The molecule has 0 bridgehead atoms. The van der Waals surface area contributed by atoms with Crippen LogP contribution in [-0.4, -0.2) is 17.4 Å². The fraction of sp³-hybridized carbons (Fsp3) is 0.333. The van der Waals surface area contributed by atoms with Crippen LogP contribution >= 0.6 is 0 Å². The van der Waals surface area contributed by atoms with E-state index in [0.29, 0.717) is 6.42 Å². The maximum Gasteiger partial charge on any atom is 0.228 e. The molecule has 2 aromatic rings. The second-order valence-electron chi connectivity index (χ2n) is 5.36. The maximum absolute atomic E-state index is 12.1. The molecule has 22 heavy (non-hydrogen) atoms. The molecule has 0 unspecified atom stereocenters. The Hall–Kier alpha value is -2.36. The van der Waals surface area contributed by atoms with Crippen LogP contribution in [0.25, 0.3) is 0 Å². The van der Waals surface area contributed by atoms with E-state index in [4.69, 9.17) is 0 Å². The van der Waals surface area contributed by atoms with E-state index in [1.165, 1.54) is 0 Å². The average Bonchev–Trinajstić information content (AvgIpc) is 2.51. The Bertz CT molecular complexity index is 608. The number of unbranched alkanes of at least 4 members (excludes halogenated alkanes) is 1. The zero-order valence-electron chi connectivity index (χ0n) is 13.2. The molecule has 0 radical (unpaired) electrons. The molecular formula is C18H23N3O. The van der Waals surface area contributed by atoms with E-state index in [-0.39, 0.29) is 5.91 Å². The number of aryl methyl sites for hydroxylation is 1. The molecule has 0 saturated heterocycles. The van der Waals surface area contributed by atoms with Gasteiger partial charge in [-0.1, -0.05) is 37.6 Å². The normalized spacial score (nSPS) is 10.3. The van der Waals surface area contributed by atoms with E-state index in [9.17, 15) is 4.79 Å². The van der Waals surface area contributed by atoms with Crippen molar-refractivity contribution in [3.05, 3.63) is 53.7 Å². The summed E-state index contributed by atoms with van der Waals surface area (Å²) in [4.78, 5) is 16.4. The number of carbonyl (C=O) groups excluding carboxylic acids is 1. The summed E-state index contributed by atoms with van der Waals surface area (Å²) in [5, 5.41) is 6.13. The zero-order valence-corrected chi connectivity index (χ0v) is 13.2. The Morgan fingerprint density at radius 1 is 1.18 bits per heavy atom. The van der Waals surface area contributed by atoms with Gasteiger partial charge in [0.15, 0.2) is 0 Å². The molecule has 1 aromatic heterocycles. The van der Waals surface area contributed by atoms with Gasteiger partial charge in [0, 0.05) is 6.54 Å². The SMILES string of the molecule is CCCCNc1ccc(NC(=O)Cc2ccccc2C)cn1. The lowest BCUT2D eigenvalue weighted by Crippen LogP contribution is -2.15. The number of nitrogens with zero attached hydrogens (tertiary/aromatic N) is 1. The third-order valence-corrected chi connectivity index (χ3v) is 3.50. The van der Waals surface area contributed by atoms with Crippen LogP contribution in [0.5, 0.6) is 0 Å². The number of anilines is 2. The van der Waals surface area contributed by atoms with Gasteiger partial charge in [-0.15, -0.1) is 0 Å². The molecule has 0 atom stereocenters. The van der Waals surface area contributed by atoms with Gasteiger partial charge in [-0.3, -0.25) is 4.79 Å². The van der Waals surface area contributed by atoms with Crippen molar-refractivity contribution in [2.45, 2.75) is 33.1 Å². The fourth-order valence-corrected chi connectivity index (χ4v) is 2.15. The first-order valence-electron chi connectivity index (χ1n) is 7.73. The molecule has 0 fully saturated rings. The largest absolute Gasteiger partial charge is 0.370 e. The minimum Gasteiger partial charge on any atom is -0.370 e. The van der Waals surface area contributed by atoms with Crippen LogP contribution in [0.2, 0.25) is 0 Å². The Morgan fingerprint density at radius 3 is 2.68 bits per heavy atom. The first-order valence-corrected chi connectivity index (χ1v) is 7.73. The molecule has 2 rings (SSSR count). The number of hydrogen-bond donors (Lipinski definition) is 2. The molecule has 1 heterocycles. The van der Waals surface area contributed by atoms with E-state index in [1.54, 1.807) is 6.20 Å². The number of aromatic nitrogens is 1. The van der Waals surface area contributed by atoms with Crippen LogP contribution < -0.4 is 10.6 Å². The Balaban J connectivity index is 1.88. The van der Waals surface area contributed by atoms with Crippen molar-refractivity contribution in [2.24, 2.45) is 0 Å². The van der Waals surface area contributed by atoms with Crippen LogP contribution in [0, 0.1) is 6.92 Å². The molecule has 4 nitrogen and oxygen atoms in total. The number of amides is 1. The Kier molecular flexibility index (Phi) is 5.95. The number of rotatable bonds is 7. The lowest BCUT2D eigenvalue weighted by Gasteiger charge is -2.08. The van der Waals surface area contributed by atoms with E-state index >= 15 is 0 Å². The number of carbonyl (C=O) groups is 1. The molecule has 0 aliphatic carbocycles. The summed E-state index contributed by atoms with van der Waals surface area (Å²) in [7, 11) is 0. The summed E-state index contributed by atoms with van der Waals surface area (Å²) in [6.07, 6.45) is 4.34. The predicted octanol–water partition coefficient (Wildman–Crippen LogP) is 3.78. The summed E-state index contributed by atoms with van der Waals surface area (Å²) in [6.45, 7) is 5.09. The maximum atomic E-state index is 12.1. The summed E-state index contributed by atoms with van der Waals surface area (Å²) < 4.78 is 0. The molecule has 0 aliphatic heterocycles. The van der Waals surface area contributed by atoms with Crippen molar-refractivity contribution < 1.29 is 4.79 Å². The molecule has 1 amide bonds. The smallest absolute Gasteiger partial charge is 0.228 e. The Morgan fingerprint density at radius 2 is 2.00 bits per heavy atom. The van der Waals surface area contributed by atoms with Crippen molar-refractivity contribution in [2.75, 3.05) is 17.2 Å². The Labute approximate surface area is 132 Å². The quantitative estimate of drug-likeness (QED) is 0.765. The van der Waals surface area contributed by atoms with Crippen LogP contribution in [0.15, 0.2) is 42.6 Å². The topological polar surface area (TPSA) is 54.0 Å². The van der Waals surface area contributed by atoms with Crippen molar-refractivity contribution >= 4 is 17.4 Å². The highest BCUT2D eigenvalue weighted by molar-refractivity contribution is 5.92. The molecule has 2 N–H and O–H groups in total. The van der Waals surface area contributed by atoms with Crippen molar-refractivity contribution in [3.8, 4) is 0 Å². The highest BCUT2D eigenvalue weighted by Crippen LogP contribution is 2.12. The van der Waals surface area contributed by atoms with Crippen LogP contribution in [0.1, 0.15) is 30.9 Å². The molecule has 4 heteroatoms. The second-order valence-corrected chi connectivity index (χ2v) is 5.36. The summed E-state index contributed by atoms with van der Waals surface area (Å²) in [6, 6.07) is 11.7. The van der Waals surface area contributed by atoms with Gasteiger partial charge in [-0.05, 0) is 36.6 Å². The van der Waals surface area contributed by atoms with Gasteiger partial charge in [0.1, 0.15) is 5.82 Å². The van der Waals surface area contributed by atoms with Gasteiger partial charge >= 0.3 is 0 Å². The monoisotopic (exact) mass is 297 g/mol. The highest BCUT2D eigenvalue weighted by atomic mass is 16.1. The lowest BCUT2D eigenvalue weighted by atomic mass is 10.1. The van der Waals surface area contributed by atoms with Gasteiger partial charge in [0.25, 0.3) is 0 Å². The molecule has 116 valence electrons. The number of nitrogens with one attached hydrogen (secondary N) is 2. The zero-order chi connectivity index (χ0) is 15.8. The van der Waals surface area contributed by atoms with Gasteiger partial charge in [-0.2, -0.15) is 0 Å². The number of pyridine rings is 1. The van der Waals surface area contributed by atoms with Crippen molar-refractivity contribution in [3.63, 3.8) is 0 Å². The minimum atomic E-state index is -0.0252. The molecule has 0 aliphatic rings. The predicted molar refractivity (Wildman–Crippen MR) is 91.1 cm³/mol. The lowest BCUT2D eigenvalue weighted by molar-refractivity contribution is -0.115. The highest BCUT2D eigenvalue weighted by Gasteiger charge is 2.06. The molecular weight excluding hydrogens is 274 g/mol. The van der Waals surface area contributed by atoms with Crippen LogP contribution in [0.3, 0.4) is 0 Å². The van der Waals surface area contributed by atoms with Crippen LogP contribution in [-0.2, 0) is 11.2 Å². The van der Waals surface area contributed by atoms with Crippen LogP contribution in [0.4, 0.5) is 11.5 Å². The molecule has 1 aromatic carbocycles.